The van der Waals surface area contributed by atoms with Crippen molar-refractivity contribution in [2.75, 3.05) is 30.8 Å². The molecular weight excluding hydrogens is 481 g/mol. The van der Waals surface area contributed by atoms with Crippen molar-refractivity contribution in [2.24, 2.45) is 0 Å². The van der Waals surface area contributed by atoms with Gasteiger partial charge >= 0.3 is 6.18 Å². The first-order chi connectivity index (χ1) is 17.8. The van der Waals surface area contributed by atoms with Crippen molar-refractivity contribution >= 4 is 28.4 Å². The Bertz CT molecular complexity index is 1450. The highest BCUT2D eigenvalue weighted by molar-refractivity contribution is 5.76. The summed E-state index contributed by atoms with van der Waals surface area (Å²) >= 11 is 0. The number of likely N-dealkylation sites (tertiary alicyclic amines) is 1. The molecule has 0 aliphatic carbocycles. The van der Waals surface area contributed by atoms with Crippen molar-refractivity contribution in [3.63, 3.8) is 0 Å². The van der Waals surface area contributed by atoms with Crippen molar-refractivity contribution in [1.82, 2.24) is 19.4 Å². The second-order valence-electron chi connectivity index (χ2n) is 9.33. The van der Waals surface area contributed by atoms with Crippen LogP contribution in [0.4, 0.5) is 30.5 Å². The molecule has 7 nitrogen and oxygen atoms in total. The Morgan fingerprint density at radius 2 is 1.78 bits per heavy atom. The average Bonchev–Trinajstić information content (AvgIpc) is 2.87. The lowest BCUT2D eigenvalue weighted by Crippen LogP contribution is -2.39. The molecule has 1 saturated heterocycles. The minimum atomic E-state index is -4.53. The Morgan fingerprint density at radius 3 is 2.54 bits per heavy atom. The molecule has 1 fully saturated rings. The number of aromatic nitrogens is 3. The summed E-state index contributed by atoms with van der Waals surface area (Å²) in [7, 11) is 2.12. The SMILES string of the molecule is CN1CCCC(Nc2ccc(Nc3ncc4ccc(=O)n(Cc5ccccc5C(F)(F)F)c4n3)cc2)C1. The molecular formula is C27H27F3N6O. The zero-order valence-corrected chi connectivity index (χ0v) is 20.3. The van der Waals surface area contributed by atoms with Gasteiger partial charge in [-0.3, -0.25) is 9.36 Å². The zero-order valence-electron chi connectivity index (χ0n) is 20.3. The second kappa shape index (κ2) is 10.2. The largest absolute Gasteiger partial charge is 0.416 e. The second-order valence-corrected chi connectivity index (χ2v) is 9.33. The standard InChI is InChI=1S/C27H27F3N6O/c1-35-14-4-6-22(17-35)32-20-9-11-21(12-10-20)33-26-31-15-18-8-13-24(37)36(25(18)34-26)16-19-5-2-3-7-23(19)27(28,29)30/h2-3,5,7-13,15,22,32H,4,6,14,16-17H2,1H3,(H,31,33,34). The van der Waals surface area contributed by atoms with Crippen LogP contribution in [0.3, 0.4) is 0 Å². The third kappa shape index (κ3) is 5.75. The molecule has 192 valence electrons. The van der Waals surface area contributed by atoms with Crippen molar-refractivity contribution in [1.29, 1.82) is 0 Å². The zero-order chi connectivity index (χ0) is 26.0. The Hall–Kier alpha value is -3.92. The summed E-state index contributed by atoms with van der Waals surface area (Å²) in [5, 5.41) is 7.23. The number of likely N-dealkylation sites (N-methyl/N-ethyl adjacent to an activating group) is 1. The number of hydrogen-bond acceptors (Lipinski definition) is 6. The van der Waals surface area contributed by atoms with Gasteiger partial charge in [-0.05, 0) is 68.4 Å². The van der Waals surface area contributed by atoms with E-state index in [1.165, 1.54) is 35.3 Å². The monoisotopic (exact) mass is 508 g/mol. The highest BCUT2D eigenvalue weighted by Gasteiger charge is 2.33. The average molecular weight is 509 g/mol. The predicted molar refractivity (Wildman–Crippen MR) is 138 cm³/mol. The van der Waals surface area contributed by atoms with Crippen LogP contribution >= 0.6 is 0 Å². The van der Waals surface area contributed by atoms with Crippen LogP contribution in [0.1, 0.15) is 24.0 Å². The van der Waals surface area contributed by atoms with Crippen LogP contribution in [0.5, 0.6) is 0 Å². The topological polar surface area (TPSA) is 75.1 Å². The Balaban J connectivity index is 1.38. The number of benzene rings is 2. The van der Waals surface area contributed by atoms with Gasteiger partial charge in [0.25, 0.3) is 5.56 Å². The van der Waals surface area contributed by atoms with Crippen LogP contribution in [0, 0.1) is 0 Å². The molecule has 5 rings (SSSR count). The molecule has 1 unspecified atom stereocenters. The van der Waals surface area contributed by atoms with E-state index >= 15 is 0 Å². The molecule has 1 atom stereocenters. The number of halogens is 3. The summed E-state index contributed by atoms with van der Waals surface area (Å²) in [6.45, 7) is 1.86. The highest BCUT2D eigenvalue weighted by Crippen LogP contribution is 2.32. The van der Waals surface area contributed by atoms with Crippen LogP contribution in [0.15, 0.2) is 71.7 Å². The third-order valence-corrected chi connectivity index (χ3v) is 6.51. The lowest BCUT2D eigenvalue weighted by atomic mass is 10.1. The van der Waals surface area contributed by atoms with Crippen LogP contribution in [-0.2, 0) is 12.7 Å². The Labute approximate surface area is 212 Å². The Morgan fingerprint density at radius 1 is 1.03 bits per heavy atom. The van der Waals surface area contributed by atoms with E-state index in [2.05, 4.69) is 32.5 Å². The summed E-state index contributed by atoms with van der Waals surface area (Å²) in [4.78, 5) is 23.8. The third-order valence-electron chi connectivity index (χ3n) is 6.51. The lowest BCUT2D eigenvalue weighted by Gasteiger charge is -2.30. The number of hydrogen-bond donors (Lipinski definition) is 2. The molecule has 0 amide bonds. The minimum Gasteiger partial charge on any atom is -0.381 e. The number of alkyl halides is 3. The van der Waals surface area contributed by atoms with Crippen molar-refractivity contribution in [2.45, 2.75) is 31.6 Å². The van der Waals surface area contributed by atoms with Gasteiger partial charge in [0.1, 0.15) is 5.65 Å². The smallest absolute Gasteiger partial charge is 0.381 e. The van der Waals surface area contributed by atoms with Gasteiger partial charge < -0.3 is 15.5 Å². The van der Waals surface area contributed by atoms with Gasteiger partial charge in [0.15, 0.2) is 0 Å². The quantitative estimate of drug-likeness (QED) is 0.377. The van der Waals surface area contributed by atoms with E-state index in [0.717, 1.165) is 37.0 Å². The molecule has 2 N–H and O–H groups in total. The summed E-state index contributed by atoms with van der Waals surface area (Å²) in [5.74, 6) is 0.241. The van der Waals surface area contributed by atoms with Gasteiger partial charge in [-0.2, -0.15) is 18.2 Å². The summed E-state index contributed by atoms with van der Waals surface area (Å²) in [6, 6.07) is 16.3. The first-order valence-corrected chi connectivity index (χ1v) is 12.1. The number of pyridine rings is 1. The maximum Gasteiger partial charge on any atom is 0.416 e. The molecule has 0 radical (unpaired) electrons. The number of nitrogens with one attached hydrogen (secondary N) is 2. The molecule has 10 heteroatoms. The lowest BCUT2D eigenvalue weighted by molar-refractivity contribution is -0.138. The van der Waals surface area contributed by atoms with Crippen LogP contribution in [-0.4, -0.2) is 45.6 Å². The van der Waals surface area contributed by atoms with Gasteiger partial charge in [0.2, 0.25) is 5.95 Å². The molecule has 4 aromatic rings. The molecule has 0 saturated carbocycles. The van der Waals surface area contributed by atoms with Crippen molar-refractivity contribution < 1.29 is 13.2 Å². The fraction of sp³-hybridized carbons (Fsp3) is 0.296. The molecule has 0 spiro atoms. The van der Waals surface area contributed by atoms with E-state index in [4.69, 9.17) is 0 Å². The number of rotatable bonds is 6. The molecule has 2 aromatic heterocycles. The maximum absolute atomic E-state index is 13.5. The first-order valence-electron chi connectivity index (χ1n) is 12.1. The molecule has 37 heavy (non-hydrogen) atoms. The van der Waals surface area contributed by atoms with E-state index in [9.17, 15) is 18.0 Å². The maximum atomic E-state index is 13.5. The highest BCUT2D eigenvalue weighted by atomic mass is 19.4. The van der Waals surface area contributed by atoms with E-state index in [-0.39, 0.29) is 23.7 Å². The normalized spacial score (nSPS) is 16.6. The molecule has 1 aliphatic rings. The molecule has 3 heterocycles. The van der Waals surface area contributed by atoms with E-state index < -0.39 is 17.3 Å². The fourth-order valence-corrected chi connectivity index (χ4v) is 4.69. The number of anilines is 3. The van der Waals surface area contributed by atoms with Crippen LogP contribution in [0.25, 0.3) is 11.0 Å². The van der Waals surface area contributed by atoms with Crippen molar-refractivity contribution in [3.05, 3.63) is 88.3 Å². The van der Waals surface area contributed by atoms with E-state index in [1.54, 1.807) is 12.3 Å². The van der Waals surface area contributed by atoms with Crippen LogP contribution in [0.2, 0.25) is 0 Å². The fourth-order valence-electron chi connectivity index (χ4n) is 4.69. The summed E-state index contributed by atoms with van der Waals surface area (Å²) in [5.41, 5.74) is 0.782. The van der Waals surface area contributed by atoms with Gasteiger partial charge in [-0.1, -0.05) is 18.2 Å². The van der Waals surface area contributed by atoms with Gasteiger partial charge in [0, 0.05) is 41.6 Å². The molecule has 1 aliphatic heterocycles. The van der Waals surface area contributed by atoms with Gasteiger partial charge in [-0.15, -0.1) is 0 Å². The number of nitrogens with zero attached hydrogens (tertiary/aromatic N) is 4. The van der Waals surface area contributed by atoms with E-state index in [1.807, 2.05) is 24.3 Å². The summed E-state index contributed by atoms with van der Waals surface area (Å²) in [6.07, 6.45) is -0.684. The number of fused-ring (bicyclic) bond motifs is 1. The Kier molecular flexibility index (Phi) is 6.84. The predicted octanol–water partition coefficient (Wildman–Crippen LogP) is 5.11. The number of piperidine rings is 1. The minimum absolute atomic E-state index is 0.00929. The van der Waals surface area contributed by atoms with Gasteiger partial charge in [-0.25, -0.2) is 4.98 Å². The van der Waals surface area contributed by atoms with E-state index in [0.29, 0.717) is 11.4 Å². The van der Waals surface area contributed by atoms with Crippen LogP contribution < -0.4 is 16.2 Å². The molecule has 2 aromatic carbocycles. The molecule has 0 bridgehead atoms. The van der Waals surface area contributed by atoms with Crippen molar-refractivity contribution in [3.8, 4) is 0 Å². The first kappa shape index (κ1) is 24.8. The van der Waals surface area contributed by atoms with Gasteiger partial charge in [0.05, 0.1) is 12.1 Å². The summed E-state index contributed by atoms with van der Waals surface area (Å²) < 4.78 is 41.8.